The number of urea groups is 1. The minimum absolute atomic E-state index is 0.280. The molecule has 0 saturated heterocycles. The van der Waals surface area contributed by atoms with Gasteiger partial charge in [-0.25, -0.2) is 4.79 Å². The van der Waals surface area contributed by atoms with Gasteiger partial charge in [0.25, 0.3) is 0 Å². The van der Waals surface area contributed by atoms with E-state index in [9.17, 15) is 4.79 Å². The molecule has 0 radical (unpaired) electrons. The maximum atomic E-state index is 12.3. The molecule has 124 valence electrons. The van der Waals surface area contributed by atoms with Gasteiger partial charge in [-0.1, -0.05) is 47.8 Å². The molecule has 0 aliphatic heterocycles. The first-order valence-corrected chi connectivity index (χ1v) is 7.80. The molecule has 1 N–H and O–H groups in total. The van der Waals surface area contributed by atoms with Crippen molar-refractivity contribution in [2.24, 2.45) is 0 Å². The van der Waals surface area contributed by atoms with Crippen molar-refractivity contribution in [3.05, 3.63) is 53.1 Å². The Labute approximate surface area is 148 Å². The average Bonchev–Trinajstić information content (AvgIpc) is 3.00. The predicted molar refractivity (Wildman–Crippen MR) is 95.6 cm³/mol. The van der Waals surface area contributed by atoms with Crippen LogP contribution in [-0.4, -0.2) is 22.6 Å². The van der Waals surface area contributed by atoms with Crippen LogP contribution in [0.25, 0.3) is 11.0 Å². The molecule has 0 fully saturated rings. The lowest BCUT2D eigenvalue weighted by atomic mass is 10.2. The van der Waals surface area contributed by atoms with E-state index in [1.807, 2.05) is 12.1 Å². The third kappa shape index (κ3) is 3.42. The van der Waals surface area contributed by atoms with Crippen molar-refractivity contribution in [1.29, 1.82) is 0 Å². The monoisotopic (exact) mass is 363 g/mol. The summed E-state index contributed by atoms with van der Waals surface area (Å²) < 4.78 is 11.7. The van der Waals surface area contributed by atoms with Crippen LogP contribution in [0.3, 0.4) is 0 Å². The van der Waals surface area contributed by atoms with Crippen LogP contribution in [-0.2, 0) is 6.54 Å². The van der Waals surface area contributed by atoms with E-state index in [-0.39, 0.29) is 5.82 Å². The molecule has 3 rings (SSSR count). The van der Waals surface area contributed by atoms with Gasteiger partial charge in [-0.15, -0.1) is 0 Å². The number of thiol groups is 1. The number of anilines is 1. The number of carbonyl (C=O) groups is 1. The molecule has 24 heavy (non-hydrogen) atoms. The zero-order chi connectivity index (χ0) is 17.1. The number of fused-ring (bicyclic) bond motifs is 1. The Morgan fingerprint density at radius 3 is 2.79 bits per heavy atom. The molecule has 2 aromatic carbocycles. The molecule has 0 unspecified atom stereocenters. The van der Waals surface area contributed by atoms with Crippen LogP contribution in [0.5, 0.6) is 5.75 Å². The molecule has 3 aromatic rings. The normalized spacial score (nSPS) is 10.6. The third-order valence-corrected chi connectivity index (χ3v) is 3.96. The lowest BCUT2D eigenvalue weighted by Crippen LogP contribution is -2.26. The summed E-state index contributed by atoms with van der Waals surface area (Å²) >= 11 is 10.1. The molecular formula is C16H14ClN3O3S. The molecular weight excluding hydrogens is 350 g/mol. The number of aromatic nitrogens is 1. The molecule has 8 heteroatoms. The van der Waals surface area contributed by atoms with Crippen LogP contribution in [0.4, 0.5) is 10.6 Å². The number of benzene rings is 2. The van der Waals surface area contributed by atoms with E-state index in [1.54, 1.807) is 37.4 Å². The molecule has 0 spiro atoms. The van der Waals surface area contributed by atoms with Gasteiger partial charge in [0, 0.05) is 5.02 Å². The maximum Gasteiger partial charge on any atom is 0.333 e. The van der Waals surface area contributed by atoms with Crippen LogP contribution >= 0.6 is 24.4 Å². The van der Waals surface area contributed by atoms with Gasteiger partial charge >= 0.3 is 6.03 Å². The highest BCUT2D eigenvalue weighted by atomic mass is 35.5. The molecule has 0 saturated carbocycles. The van der Waals surface area contributed by atoms with Crippen LogP contribution < -0.4 is 10.1 Å². The quantitative estimate of drug-likeness (QED) is 0.675. The molecule has 1 heterocycles. The number of carbonyl (C=O) groups excluding carboxylic acids is 1. The van der Waals surface area contributed by atoms with Crippen LogP contribution in [0.1, 0.15) is 5.56 Å². The zero-order valence-electron chi connectivity index (χ0n) is 12.7. The zero-order valence-corrected chi connectivity index (χ0v) is 14.3. The fourth-order valence-electron chi connectivity index (χ4n) is 2.22. The fourth-order valence-corrected chi connectivity index (χ4v) is 2.56. The Balaban J connectivity index is 1.76. The van der Waals surface area contributed by atoms with Crippen LogP contribution in [0, 0.1) is 0 Å². The molecule has 0 aliphatic rings. The standard InChI is InChI=1S/C16H14ClN3O3S/c1-22-12-3-2-4-13-14(12)15(19-23-13)18-16(21)20(24)9-10-5-7-11(17)8-6-10/h2-8,24H,9H2,1H3,(H,18,19,21). The topological polar surface area (TPSA) is 67.6 Å². The molecule has 1 aromatic heterocycles. The summed E-state index contributed by atoms with van der Waals surface area (Å²) in [5.41, 5.74) is 1.42. The maximum absolute atomic E-state index is 12.3. The van der Waals surface area contributed by atoms with Gasteiger partial charge in [0.15, 0.2) is 11.4 Å². The Kier molecular flexibility index (Phi) is 4.82. The third-order valence-electron chi connectivity index (χ3n) is 3.39. The SMILES string of the molecule is COc1cccc2onc(NC(=O)N(S)Cc3ccc(Cl)cc3)c12. The van der Waals surface area contributed by atoms with E-state index in [1.165, 1.54) is 4.31 Å². The van der Waals surface area contributed by atoms with E-state index in [0.717, 1.165) is 5.56 Å². The highest BCUT2D eigenvalue weighted by Crippen LogP contribution is 2.32. The molecule has 0 bridgehead atoms. The van der Waals surface area contributed by atoms with E-state index in [4.69, 9.17) is 20.9 Å². The predicted octanol–water partition coefficient (Wildman–Crippen LogP) is 4.37. The van der Waals surface area contributed by atoms with Gasteiger partial charge in [-0.05, 0) is 29.8 Å². The summed E-state index contributed by atoms with van der Waals surface area (Å²) in [6, 6.07) is 12.0. The second-order valence-electron chi connectivity index (χ2n) is 4.98. The molecule has 0 aliphatic carbocycles. The van der Waals surface area contributed by atoms with Gasteiger partial charge in [0.05, 0.1) is 13.7 Å². The van der Waals surface area contributed by atoms with E-state index in [2.05, 4.69) is 23.3 Å². The summed E-state index contributed by atoms with van der Waals surface area (Å²) in [5.74, 6) is 0.843. The van der Waals surface area contributed by atoms with Crippen LogP contribution in [0.15, 0.2) is 47.0 Å². The number of halogens is 1. The van der Waals surface area contributed by atoms with E-state index >= 15 is 0 Å². The number of hydrogen-bond donors (Lipinski definition) is 2. The van der Waals surface area contributed by atoms with Gasteiger partial charge < -0.3 is 9.26 Å². The molecule has 0 atom stereocenters. The number of hydrogen-bond acceptors (Lipinski definition) is 5. The van der Waals surface area contributed by atoms with Crippen molar-refractivity contribution in [3.8, 4) is 5.75 Å². The first-order chi connectivity index (χ1) is 11.6. The van der Waals surface area contributed by atoms with Gasteiger partial charge in [-0.3, -0.25) is 9.62 Å². The molecule has 2 amide bonds. The smallest absolute Gasteiger partial charge is 0.333 e. The lowest BCUT2D eigenvalue weighted by Gasteiger charge is -2.15. The number of methoxy groups -OCH3 is 1. The highest BCUT2D eigenvalue weighted by molar-refractivity contribution is 7.78. The van der Waals surface area contributed by atoms with E-state index in [0.29, 0.717) is 28.3 Å². The Morgan fingerprint density at radius 2 is 2.08 bits per heavy atom. The van der Waals surface area contributed by atoms with Crippen molar-refractivity contribution >= 4 is 47.2 Å². The first kappa shape index (κ1) is 16.5. The number of rotatable bonds is 4. The minimum atomic E-state index is -0.436. The number of ether oxygens (including phenoxy) is 1. The van der Waals surface area contributed by atoms with Gasteiger partial charge in [0.2, 0.25) is 0 Å². The Bertz CT molecular complexity index is 867. The second-order valence-corrected chi connectivity index (χ2v) is 5.90. The fraction of sp³-hybridized carbons (Fsp3) is 0.125. The van der Waals surface area contributed by atoms with Crippen molar-refractivity contribution in [2.45, 2.75) is 6.54 Å². The number of amides is 2. The van der Waals surface area contributed by atoms with Gasteiger partial charge in [-0.2, -0.15) is 0 Å². The number of nitrogens with one attached hydrogen (secondary N) is 1. The Hall–Kier alpha value is -2.38. The minimum Gasteiger partial charge on any atom is -0.496 e. The summed E-state index contributed by atoms with van der Waals surface area (Å²) in [4.78, 5) is 12.3. The Morgan fingerprint density at radius 1 is 1.33 bits per heavy atom. The van der Waals surface area contributed by atoms with E-state index < -0.39 is 6.03 Å². The van der Waals surface area contributed by atoms with Crippen molar-refractivity contribution in [3.63, 3.8) is 0 Å². The van der Waals surface area contributed by atoms with Crippen LogP contribution in [0.2, 0.25) is 5.02 Å². The average molecular weight is 364 g/mol. The van der Waals surface area contributed by atoms with Crippen molar-refractivity contribution in [2.75, 3.05) is 12.4 Å². The van der Waals surface area contributed by atoms with Crippen molar-refractivity contribution < 1.29 is 14.1 Å². The molecule has 6 nitrogen and oxygen atoms in total. The first-order valence-electron chi connectivity index (χ1n) is 7.02. The largest absolute Gasteiger partial charge is 0.496 e. The highest BCUT2D eigenvalue weighted by Gasteiger charge is 2.18. The van der Waals surface area contributed by atoms with Crippen molar-refractivity contribution in [1.82, 2.24) is 9.46 Å². The summed E-state index contributed by atoms with van der Waals surface area (Å²) in [6.07, 6.45) is 0. The second kappa shape index (κ2) is 7.02. The summed E-state index contributed by atoms with van der Waals surface area (Å²) in [7, 11) is 1.54. The van der Waals surface area contributed by atoms with Gasteiger partial charge in [0.1, 0.15) is 11.1 Å². The number of nitrogens with zero attached hydrogens (tertiary/aromatic N) is 2. The summed E-state index contributed by atoms with van der Waals surface area (Å²) in [5, 5.41) is 7.78. The lowest BCUT2D eigenvalue weighted by molar-refractivity contribution is 0.238. The summed E-state index contributed by atoms with van der Waals surface area (Å²) in [6.45, 7) is 0.305.